The summed E-state index contributed by atoms with van der Waals surface area (Å²) in [6, 6.07) is 8.50. The van der Waals surface area contributed by atoms with Crippen LogP contribution in [0.2, 0.25) is 0 Å². The molecule has 13 heavy (non-hydrogen) atoms. The van der Waals surface area contributed by atoms with E-state index in [0.717, 1.165) is 0 Å². The second-order valence-electron chi connectivity index (χ2n) is 4.26. The Morgan fingerprint density at radius 2 is 1.92 bits per heavy atom. The molecule has 0 amide bonds. The van der Waals surface area contributed by atoms with Crippen LogP contribution in [0.25, 0.3) is 0 Å². The van der Waals surface area contributed by atoms with Crippen LogP contribution in [0.4, 0.5) is 0 Å². The van der Waals surface area contributed by atoms with Crippen molar-refractivity contribution in [1.82, 2.24) is 0 Å². The number of benzene rings is 1. The predicted octanol–water partition coefficient (Wildman–Crippen LogP) is 3.03. The SMILES string of the molecule is CN=Cc1cccc(C(C)(C)C)c1. The van der Waals surface area contributed by atoms with E-state index in [1.807, 2.05) is 6.21 Å². The molecule has 0 unspecified atom stereocenters. The molecule has 70 valence electrons. The third kappa shape index (κ3) is 2.69. The van der Waals surface area contributed by atoms with Crippen LogP contribution in [-0.4, -0.2) is 13.3 Å². The van der Waals surface area contributed by atoms with Crippen molar-refractivity contribution in [2.24, 2.45) is 4.99 Å². The molecule has 0 radical (unpaired) electrons. The Bertz CT molecular complexity index is 305. The molecule has 1 heteroatoms. The third-order valence-corrected chi connectivity index (χ3v) is 2.03. The van der Waals surface area contributed by atoms with Gasteiger partial charge in [0.2, 0.25) is 0 Å². The lowest BCUT2D eigenvalue weighted by Gasteiger charge is -2.19. The maximum absolute atomic E-state index is 4.00. The molecule has 0 aliphatic rings. The summed E-state index contributed by atoms with van der Waals surface area (Å²) >= 11 is 0. The highest BCUT2D eigenvalue weighted by Gasteiger charge is 2.12. The van der Waals surface area contributed by atoms with Gasteiger partial charge in [0.1, 0.15) is 0 Å². The van der Waals surface area contributed by atoms with Gasteiger partial charge in [-0.3, -0.25) is 4.99 Å². The van der Waals surface area contributed by atoms with Crippen LogP contribution in [0.15, 0.2) is 29.3 Å². The Hall–Kier alpha value is -1.11. The molecule has 0 atom stereocenters. The first-order chi connectivity index (χ1) is 6.04. The second kappa shape index (κ2) is 3.73. The van der Waals surface area contributed by atoms with E-state index in [4.69, 9.17) is 0 Å². The molecule has 1 aromatic carbocycles. The van der Waals surface area contributed by atoms with Crippen LogP contribution in [0.5, 0.6) is 0 Å². The topological polar surface area (TPSA) is 12.4 Å². The average Bonchev–Trinajstić information content (AvgIpc) is 2.04. The molecule has 0 bridgehead atoms. The van der Waals surface area contributed by atoms with Gasteiger partial charge in [0.15, 0.2) is 0 Å². The average molecular weight is 175 g/mol. The van der Waals surface area contributed by atoms with Crippen LogP contribution < -0.4 is 0 Å². The minimum atomic E-state index is 0.220. The van der Waals surface area contributed by atoms with Gasteiger partial charge in [0, 0.05) is 13.3 Å². The maximum Gasteiger partial charge on any atom is 0.0281 e. The van der Waals surface area contributed by atoms with Crippen molar-refractivity contribution >= 4 is 6.21 Å². The molecule has 0 heterocycles. The van der Waals surface area contributed by atoms with Crippen molar-refractivity contribution in [1.29, 1.82) is 0 Å². The first-order valence-corrected chi connectivity index (χ1v) is 4.57. The van der Waals surface area contributed by atoms with Gasteiger partial charge in [-0.15, -0.1) is 0 Å². The van der Waals surface area contributed by atoms with Crippen molar-refractivity contribution in [2.45, 2.75) is 26.2 Å². The van der Waals surface area contributed by atoms with Gasteiger partial charge in [-0.2, -0.15) is 0 Å². The molecule has 0 fully saturated rings. The summed E-state index contributed by atoms with van der Waals surface area (Å²) in [4.78, 5) is 4.00. The van der Waals surface area contributed by atoms with Crippen molar-refractivity contribution < 1.29 is 0 Å². The molecule has 0 spiro atoms. The standard InChI is InChI=1S/C12H17N/c1-12(2,3)11-7-5-6-10(8-11)9-13-4/h5-9H,1-4H3. The quantitative estimate of drug-likeness (QED) is 0.582. The molecular formula is C12H17N. The van der Waals surface area contributed by atoms with Gasteiger partial charge < -0.3 is 0 Å². The number of hydrogen-bond acceptors (Lipinski definition) is 1. The van der Waals surface area contributed by atoms with Crippen molar-refractivity contribution in [2.75, 3.05) is 7.05 Å². The van der Waals surface area contributed by atoms with Gasteiger partial charge in [0.25, 0.3) is 0 Å². The van der Waals surface area contributed by atoms with Crippen molar-refractivity contribution in [3.63, 3.8) is 0 Å². The fraction of sp³-hybridized carbons (Fsp3) is 0.417. The second-order valence-corrected chi connectivity index (χ2v) is 4.26. The summed E-state index contributed by atoms with van der Waals surface area (Å²) in [5.41, 5.74) is 2.75. The molecule has 1 aromatic rings. The van der Waals surface area contributed by atoms with E-state index in [-0.39, 0.29) is 5.41 Å². The van der Waals surface area contributed by atoms with Crippen LogP contribution >= 0.6 is 0 Å². The van der Waals surface area contributed by atoms with Gasteiger partial charge in [0.05, 0.1) is 0 Å². The molecule has 0 N–H and O–H groups in total. The largest absolute Gasteiger partial charge is 0.296 e. The zero-order chi connectivity index (χ0) is 9.90. The van der Waals surface area contributed by atoms with E-state index < -0.39 is 0 Å². The fourth-order valence-electron chi connectivity index (χ4n) is 1.23. The molecule has 1 nitrogen and oxygen atoms in total. The lowest BCUT2D eigenvalue weighted by molar-refractivity contribution is 0.590. The van der Waals surface area contributed by atoms with E-state index in [1.54, 1.807) is 7.05 Å². The Balaban J connectivity index is 3.05. The van der Waals surface area contributed by atoms with Gasteiger partial charge in [-0.1, -0.05) is 39.0 Å². The monoisotopic (exact) mass is 175 g/mol. The Morgan fingerprint density at radius 1 is 1.23 bits per heavy atom. The van der Waals surface area contributed by atoms with E-state index in [0.29, 0.717) is 0 Å². The number of rotatable bonds is 1. The van der Waals surface area contributed by atoms with E-state index >= 15 is 0 Å². The van der Waals surface area contributed by atoms with Gasteiger partial charge >= 0.3 is 0 Å². The minimum absolute atomic E-state index is 0.220. The van der Waals surface area contributed by atoms with Crippen LogP contribution in [0.1, 0.15) is 31.9 Å². The van der Waals surface area contributed by atoms with E-state index in [1.165, 1.54) is 11.1 Å². The summed E-state index contributed by atoms with van der Waals surface area (Å²) in [6.45, 7) is 6.65. The highest BCUT2D eigenvalue weighted by molar-refractivity contribution is 5.79. The molecule has 0 aliphatic carbocycles. The highest BCUT2D eigenvalue weighted by atomic mass is 14.6. The Labute approximate surface area is 80.5 Å². The molecule has 0 saturated heterocycles. The highest BCUT2D eigenvalue weighted by Crippen LogP contribution is 2.22. The van der Waals surface area contributed by atoms with E-state index in [9.17, 15) is 0 Å². The molecule has 0 aromatic heterocycles. The summed E-state index contributed by atoms with van der Waals surface area (Å²) in [5.74, 6) is 0. The molecule has 0 aliphatic heterocycles. The normalized spacial score (nSPS) is 12.3. The summed E-state index contributed by atoms with van der Waals surface area (Å²) in [5, 5.41) is 0. The first kappa shape index (κ1) is 9.97. The number of nitrogens with zero attached hydrogens (tertiary/aromatic N) is 1. The summed E-state index contributed by atoms with van der Waals surface area (Å²) in [6.07, 6.45) is 1.88. The van der Waals surface area contributed by atoms with Gasteiger partial charge in [-0.25, -0.2) is 0 Å². The lowest BCUT2D eigenvalue weighted by atomic mass is 9.86. The maximum atomic E-state index is 4.00. The Morgan fingerprint density at radius 3 is 2.46 bits per heavy atom. The predicted molar refractivity (Wildman–Crippen MR) is 58.7 cm³/mol. The number of hydrogen-bond donors (Lipinski definition) is 0. The third-order valence-electron chi connectivity index (χ3n) is 2.03. The van der Waals surface area contributed by atoms with Crippen molar-refractivity contribution in [3.8, 4) is 0 Å². The smallest absolute Gasteiger partial charge is 0.0281 e. The number of aliphatic imine (C=N–C) groups is 1. The van der Waals surface area contributed by atoms with Gasteiger partial charge in [-0.05, 0) is 22.6 Å². The van der Waals surface area contributed by atoms with Crippen LogP contribution in [0, 0.1) is 0 Å². The zero-order valence-corrected chi connectivity index (χ0v) is 8.83. The fourth-order valence-corrected chi connectivity index (χ4v) is 1.23. The summed E-state index contributed by atoms with van der Waals surface area (Å²) < 4.78 is 0. The molecule has 1 rings (SSSR count). The first-order valence-electron chi connectivity index (χ1n) is 4.57. The summed E-state index contributed by atoms with van der Waals surface area (Å²) in [7, 11) is 1.80. The zero-order valence-electron chi connectivity index (χ0n) is 8.83. The lowest BCUT2D eigenvalue weighted by Crippen LogP contribution is -2.11. The van der Waals surface area contributed by atoms with Crippen LogP contribution in [-0.2, 0) is 5.41 Å². The van der Waals surface area contributed by atoms with Crippen molar-refractivity contribution in [3.05, 3.63) is 35.4 Å². The minimum Gasteiger partial charge on any atom is -0.296 e. The van der Waals surface area contributed by atoms with E-state index in [2.05, 4.69) is 50.0 Å². The van der Waals surface area contributed by atoms with Crippen LogP contribution in [0.3, 0.4) is 0 Å². The molecular weight excluding hydrogens is 158 g/mol. The Kier molecular flexibility index (Phi) is 2.86. The molecule has 0 saturated carbocycles.